The van der Waals surface area contributed by atoms with Gasteiger partial charge in [0.15, 0.2) is 5.82 Å². The lowest BCUT2D eigenvalue weighted by Gasteiger charge is -1.90. The van der Waals surface area contributed by atoms with E-state index in [1.54, 1.807) is 7.11 Å². The molecule has 0 saturated heterocycles. The molecule has 0 amide bonds. The van der Waals surface area contributed by atoms with Crippen LogP contribution < -0.4 is 0 Å². The minimum Gasteiger partial charge on any atom is -0.481 e. The lowest BCUT2D eigenvalue weighted by Crippen LogP contribution is -2.02. The van der Waals surface area contributed by atoms with Crippen LogP contribution in [0.5, 0.6) is 0 Å². The maximum absolute atomic E-state index is 10.2. The summed E-state index contributed by atoms with van der Waals surface area (Å²) in [7, 11) is 1.56. The van der Waals surface area contributed by atoms with Crippen LogP contribution in [0.15, 0.2) is 4.52 Å². The van der Waals surface area contributed by atoms with Crippen molar-refractivity contribution in [3.8, 4) is 0 Å². The van der Waals surface area contributed by atoms with Gasteiger partial charge in [0.25, 0.3) is 0 Å². The molecule has 1 rings (SSSR count). The maximum Gasteiger partial charge on any atom is 0.311 e. The molecule has 0 saturated carbocycles. The number of aliphatic carboxylic acids is 1. The van der Waals surface area contributed by atoms with Gasteiger partial charge in [-0.25, -0.2) is 0 Å². The zero-order valence-electron chi connectivity index (χ0n) is 7.19. The first kappa shape index (κ1) is 9.66. The fourth-order valence-corrected chi connectivity index (χ4v) is 0.788. The number of methoxy groups -OCH3 is 1. The molecule has 0 atom stereocenters. The maximum atomic E-state index is 10.2. The largest absolute Gasteiger partial charge is 0.481 e. The van der Waals surface area contributed by atoms with Gasteiger partial charge in [0.05, 0.1) is 13.0 Å². The van der Waals surface area contributed by atoms with Crippen molar-refractivity contribution in [3.63, 3.8) is 0 Å². The van der Waals surface area contributed by atoms with Gasteiger partial charge in [-0.2, -0.15) is 4.98 Å². The first-order chi connectivity index (χ1) is 6.22. The Labute approximate surface area is 74.5 Å². The second kappa shape index (κ2) is 4.56. The number of carbonyl (C=O) groups is 1. The second-order valence-electron chi connectivity index (χ2n) is 2.42. The third-order valence-electron chi connectivity index (χ3n) is 1.34. The lowest BCUT2D eigenvalue weighted by molar-refractivity contribution is -0.136. The van der Waals surface area contributed by atoms with Crippen LogP contribution in [0.1, 0.15) is 11.7 Å². The van der Waals surface area contributed by atoms with Gasteiger partial charge in [0.1, 0.15) is 6.42 Å². The first-order valence-corrected chi connectivity index (χ1v) is 3.74. The van der Waals surface area contributed by atoms with E-state index in [1.807, 2.05) is 0 Å². The molecular formula is C7H10N2O4. The summed E-state index contributed by atoms with van der Waals surface area (Å²) >= 11 is 0. The Morgan fingerprint density at radius 2 is 2.46 bits per heavy atom. The zero-order chi connectivity index (χ0) is 9.68. The lowest BCUT2D eigenvalue weighted by atomic mass is 10.4. The molecule has 72 valence electrons. The van der Waals surface area contributed by atoms with Crippen molar-refractivity contribution < 1.29 is 19.2 Å². The molecule has 1 aromatic rings. The number of carboxylic acid groups (broad SMARTS) is 1. The summed E-state index contributed by atoms with van der Waals surface area (Å²) in [5, 5.41) is 11.9. The molecule has 0 unspecified atom stereocenters. The summed E-state index contributed by atoms with van der Waals surface area (Å²) in [6.07, 6.45) is 0.291. The van der Waals surface area contributed by atoms with Gasteiger partial charge in [0.2, 0.25) is 5.89 Å². The molecule has 1 heterocycles. The van der Waals surface area contributed by atoms with Crippen LogP contribution in [0.4, 0.5) is 0 Å². The smallest absolute Gasteiger partial charge is 0.311 e. The van der Waals surface area contributed by atoms with Gasteiger partial charge in [0, 0.05) is 7.11 Å². The third kappa shape index (κ3) is 3.20. The number of nitrogens with zero attached hydrogens (tertiary/aromatic N) is 2. The van der Waals surface area contributed by atoms with E-state index in [0.29, 0.717) is 18.9 Å². The zero-order valence-corrected chi connectivity index (χ0v) is 7.19. The van der Waals surface area contributed by atoms with Crippen molar-refractivity contribution in [2.45, 2.75) is 12.8 Å². The van der Waals surface area contributed by atoms with Crippen LogP contribution in [-0.4, -0.2) is 34.9 Å². The highest BCUT2D eigenvalue weighted by Crippen LogP contribution is 1.99. The van der Waals surface area contributed by atoms with E-state index in [2.05, 4.69) is 10.1 Å². The van der Waals surface area contributed by atoms with Crippen LogP contribution >= 0.6 is 0 Å². The number of rotatable bonds is 5. The van der Waals surface area contributed by atoms with Crippen molar-refractivity contribution in [2.75, 3.05) is 13.7 Å². The van der Waals surface area contributed by atoms with E-state index >= 15 is 0 Å². The molecule has 1 aromatic heterocycles. The van der Waals surface area contributed by atoms with Gasteiger partial charge in [-0.3, -0.25) is 4.79 Å². The SMILES string of the molecule is COCCc1nc(CC(=O)O)no1. The van der Waals surface area contributed by atoms with Crippen LogP contribution in [0.2, 0.25) is 0 Å². The normalized spacial score (nSPS) is 10.2. The minimum absolute atomic E-state index is 0.193. The van der Waals surface area contributed by atoms with Crippen LogP contribution in [0.3, 0.4) is 0 Å². The van der Waals surface area contributed by atoms with Crippen molar-refractivity contribution >= 4 is 5.97 Å². The summed E-state index contributed by atoms with van der Waals surface area (Å²) in [6.45, 7) is 0.481. The van der Waals surface area contributed by atoms with Crippen molar-refractivity contribution in [1.82, 2.24) is 10.1 Å². The summed E-state index contributed by atoms with van der Waals surface area (Å²) in [6, 6.07) is 0. The first-order valence-electron chi connectivity index (χ1n) is 3.74. The van der Waals surface area contributed by atoms with Crippen LogP contribution in [0.25, 0.3) is 0 Å². The molecule has 0 aliphatic carbocycles. The number of hydrogen-bond donors (Lipinski definition) is 1. The molecule has 0 radical (unpaired) electrons. The van der Waals surface area contributed by atoms with E-state index in [-0.39, 0.29) is 12.2 Å². The number of carboxylic acids is 1. The Bertz CT molecular complexity index is 284. The van der Waals surface area contributed by atoms with Gasteiger partial charge in [-0.1, -0.05) is 5.16 Å². The summed E-state index contributed by atoms with van der Waals surface area (Å²) in [5.74, 6) is -0.379. The summed E-state index contributed by atoms with van der Waals surface area (Å²) < 4.78 is 9.56. The standard InChI is InChI=1S/C7H10N2O4/c1-12-3-2-6-8-5(9-13-6)4-7(10)11/h2-4H2,1H3,(H,10,11). The highest BCUT2D eigenvalue weighted by molar-refractivity contribution is 5.68. The van der Waals surface area contributed by atoms with E-state index in [4.69, 9.17) is 14.4 Å². The quantitative estimate of drug-likeness (QED) is 0.690. The van der Waals surface area contributed by atoms with Crippen molar-refractivity contribution in [1.29, 1.82) is 0 Å². The van der Waals surface area contributed by atoms with Crippen molar-refractivity contribution in [2.24, 2.45) is 0 Å². The highest BCUT2D eigenvalue weighted by atomic mass is 16.5. The molecule has 0 fully saturated rings. The van der Waals surface area contributed by atoms with Crippen LogP contribution in [-0.2, 0) is 22.4 Å². The third-order valence-corrected chi connectivity index (χ3v) is 1.34. The monoisotopic (exact) mass is 186 g/mol. The molecule has 6 heteroatoms. The average Bonchev–Trinajstić information content (AvgIpc) is 2.48. The fourth-order valence-electron chi connectivity index (χ4n) is 0.788. The Morgan fingerprint density at radius 1 is 1.69 bits per heavy atom. The number of hydrogen-bond acceptors (Lipinski definition) is 5. The Kier molecular flexibility index (Phi) is 3.39. The topological polar surface area (TPSA) is 85.5 Å². The molecule has 0 aromatic carbocycles. The predicted octanol–water partition coefficient (Wildman–Crippen LogP) is -0.114. The van der Waals surface area contributed by atoms with Gasteiger partial charge in [-0.15, -0.1) is 0 Å². The summed E-state index contributed by atoms with van der Waals surface area (Å²) in [4.78, 5) is 14.1. The molecule has 0 spiro atoms. The molecule has 0 aliphatic heterocycles. The van der Waals surface area contributed by atoms with Gasteiger partial charge >= 0.3 is 5.97 Å². The van der Waals surface area contributed by atoms with Crippen LogP contribution in [0, 0.1) is 0 Å². The Morgan fingerprint density at radius 3 is 3.08 bits per heavy atom. The van der Waals surface area contributed by atoms with Gasteiger partial charge in [-0.05, 0) is 0 Å². The molecule has 13 heavy (non-hydrogen) atoms. The van der Waals surface area contributed by atoms with E-state index < -0.39 is 5.97 Å². The molecule has 0 aliphatic rings. The van der Waals surface area contributed by atoms with Gasteiger partial charge < -0.3 is 14.4 Å². The number of ether oxygens (including phenoxy) is 1. The average molecular weight is 186 g/mol. The minimum atomic E-state index is -0.973. The number of aromatic nitrogens is 2. The Balaban J connectivity index is 2.48. The molecular weight excluding hydrogens is 176 g/mol. The second-order valence-corrected chi connectivity index (χ2v) is 2.42. The van der Waals surface area contributed by atoms with E-state index in [1.165, 1.54) is 0 Å². The van der Waals surface area contributed by atoms with Crippen molar-refractivity contribution in [3.05, 3.63) is 11.7 Å². The molecule has 6 nitrogen and oxygen atoms in total. The predicted molar refractivity (Wildman–Crippen MR) is 41.2 cm³/mol. The molecule has 0 bridgehead atoms. The van der Waals surface area contributed by atoms with E-state index in [0.717, 1.165) is 0 Å². The fraction of sp³-hybridized carbons (Fsp3) is 0.571. The van der Waals surface area contributed by atoms with E-state index in [9.17, 15) is 4.79 Å². The Hall–Kier alpha value is -1.43. The highest BCUT2D eigenvalue weighted by Gasteiger charge is 2.08. The summed E-state index contributed by atoms with van der Waals surface area (Å²) in [5.41, 5.74) is 0. The molecule has 1 N–H and O–H groups in total.